The minimum atomic E-state index is -2.57. The van der Waals surface area contributed by atoms with Gasteiger partial charge in [0.1, 0.15) is 0 Å². The number of hydrogen-bond acceptors (Lipinski definition) is 4. The Labute approximate surface area is 97.9 Å². The van der Waals surface area contributed by atoms with Gasteiger partial charge in [0.25, 0.3) is 6.43 Å². The molecular formula is C9H17F2NO3S. The summed E-state index contributed by atoms with van der Waals surface area (Å²) in [5, 5.41) is 8.64. The van der Waals surface area contributed by atoms with Crippen LogP contribution in [0.25, 0.3) is 0 Å². The van der Waals surface area contributed by atoms with Gasteiger partial charge in [-0.3, -0.25) is 4.79 Å². The second-order valence-corrected chi connectivity index (χ2v) is 4.11. The van der Waals surface area contributed by atoms with Crippen LogP contribution >= 0.6 is 11.8 Å². The van der Waals surface area contributed by atoms with Crippen LogP contribution in [-0.4, -0.2) is 67.3 Å². The molecule has 0 rings (SSSR count). The van der Waals surface area contributed by atoms with Gasteiger partial charge in [-0.1, -0.05) is 0 Å². The largest absolute Gasteiger partial charge is 0.395 e. The van der Waals surface area contributed by atoms with E-state index in [1.165, 1.54) is 11.8 Å². The quantitative estimate of drug-likeness (QED) is 0.609. The molecule has 1 amide bonds. The van der Waals surface area contributed by atoms with E-state index in [9.17, 15) is 13.6 Å². The first kappa shape index (κ1) is 15.6. The normalized spacial score (nSPS) is 10.8. The molecule has 0 bridgehead atoms. The topological polar surface area (TPSA) is 49.8 Å². The predicted octanol–water partition coefficient (Wildman–Crippen LogP) is 0.452. The molecule has 0 radical (unpaired) electrons. The predicted molar refractivity (Wildman–Crippen MR) is 58.9 cm³/mol. The number of carbonyl (C=O) groups is 1. The fourth-order valence-electron chi connectivity index (χ4n) is 0.998. The van der Waals surface area contributed by atoms with Crippen molar-refractivity contribution in [2.45, 2.75) is 6.43 Å². The number of rotatable bonds is 9. The second kappa shape index (κ2) is 9.80. The molecule has 0 atom stereocenters. The number of ether oxygens (including phenoxy) is 1. The average molecular weight is 257 g/mol. The van der Waals surface area contributed by atoms with E-state index in [1.807, 2.05) is 0 Å². The third-order valence-corrected chi connectivity index (χ3v) is 2.64. The highest BCUT2D eigenvalue weighted by Gasteiger charge is 2.17. The standard InChI is InChI=1S/C9H17F2NO3S/c1-15-4-5-16-7-9(14)12(2-3-13)6-8(10)11/h8,13H,2-7H2,1H3. The molecule has 0 aromatic heterocycles. The lowest BCUT2D eigenvalue weighted by Gasteiger charge is -2.20. The van der Waals surface area contributed by atoms with Crippen LogP contribution in [0.2, 0.25) is 0 Å². The van der Waals surface area contributed by atoms with Crippen molar-refractivity contribution >= 4 is 17.7 Å². The lowest BCUT2D eigenvalue weighted by molar-refractivity contribution is -0.130. The summed E-state index contributed by atoms with van der Waals surface area (Å²) in [7, 11) is 1.55. The molecule has 0 aromatic carbocycles. The van der Waals surface area contributed by atoms with Crippen LogP contribution in [0.1, 0.15) is 0 Å². The third-order valence-electron chi connectivity index (χ3n) is 1.74. The Morgan fingerprint density at radius 2 is 2.25 bits per heavy atom. The molecule has 16 heavy (non-hydrogen) atoms. The van der Waals surface area contributed by atoms with Crippen molar-refractivity contribution in [3.8, 4) is 0 Å². The van der Waals surface area contributed by atoms with E-state index >= 15 is 0 Å². The maximum atomic E-state index is 12.1. The molecule has 0 aliphatic heterocycles. The maximum Gasteiger partial charge on any atom is 0.255 e. The van der Waals surface area contributed by atoms with Gasteiger partial charge in [0, 0.05) is 19.4 Å². The molecule has 0 unspecified atom stereocenters. The molecule has 7 heteroatoms. The number of amides is 1. The van der Waals surface area contributed by atoms with E-state index < -0.39 is 13.0 Å². The summed E-state index contributed by atoms with van der Waals surface area (Å²) in [6, 6.07) is 0. The fraction of sp³-hybridized carbons (Fsp3) is 0.889. The third kappa shape index (κ3) is 7.84. The van der Waals surface area contributed by atoms with E-state index in [4.69, 9.17) is 9.84 Å². The second-order valence-electron chi connectivity index (χ2n) is 3.00. The smallest absolute Gasteiger partial charge is 0.255 e. The number of hydrogen-bond donors (Lipinski definition) is 1. The molecule has 0 spiro atoms. The first-order valence-corrected chi connectivity index (χ1v) is 6.00. The molecule has 4 nitrogen and oxygen atoms in total. The first-order valence-electron chi connectivity index (χ1n) is 4.85. The molecular weight excluding hydrogens is 240 g/mol. The van der Waals surface area contributed by atoms with Gasteiger partial charge < -0.3 is 14.7 Å². The van der Waals surface area contributed by atoms with Gasteiger partial charge >= 0.3 is 0 Å². The van der Waals surface area contributed by atoms with Crippen molar-refractivity contribution in [2.75, 3.05) is 44.9 Å². The Morgan fingerprint density at radius 1 is 1.56 bits per heavy atom. The van der Waals surface area contributed by atoms with Gasteiger partial charge in [-0.25, -0.2) is 8.78 Å². The summed E-state index contributed by atoms with van der Waals surface area (Å²) >= 11 is 1.32. The van der Waals surface area contributed by atoms with Crippen molar-refractivity contribution in [1.29, 1.82) is 0 Å². The molecule has 0 aromatic rings. The number of halogens is 2. The summed E-state index contributed by atoms with van der Waals surface area (Å²) < 4.78 is 29.0. The van der Waals surface area contributed by atoms with Crippen LogP contribution in [0.15, 0.2) is 0 Å². The molecule has 0 aliphatic rings. The lowest BCUT2D eigenvalue weighted by Crippen LogP contribution is -2.38. The Kier molecular flexibility index (Phi) is 9.55. The van der Waals surface area contributed by atoms with Crippen molar-refractivity contribution in [1.82, 2.24) is 4.90 Å². The molecule has 0 heterocycles. The first-order chi connectivity index (χ1) is 7.61. The number of methoxy groups -OCH3 is 1. The number of thioether (sulfide) groups is 1. The molecule has 0 aliphatic carbocycles. The maximum absolute atomic E-state index is 12.1. The van der Waals surface area contributed by atoms with Crippen molar-refractivity contribution in [3.63, 3.8) is 0 Å². The average Bonchev–Trinajstić information content (AvgIpc) is 2.23. The van der Waals surface area contributed by atoms with Gasteiger partial charge in [0.05, 0.1) is 25.5 Å². The summed E-state index contributed by atoms with van der Waals surface area (Å²) in [5.41, 5.74) is 0. The zero-order chi connectivity index (χ0) is 12.4. The molecule has 0 saturated heterocycles. The summed E-state index contributed by atoms with van der Waals surface area (Å²) in [6.07, 6.45) is -2.57. The van der Waals surface area contributed by atoms with Crippen LogP contribution < -0.4 is 0 Å². The monoisotopic (exact) mass is 257 g/mol. The van der Waals surface area contributed by atoms with Crippen LogP contribution in [0, 0.1) is 0 Å². The van der Waals surface area contributed by atoms with Crippen LogP contribution in [-0.2, 0) is 9.53 Å². The minimum absolute atomic E-state index is 0.0476. The lowest BCUT2D eigenvalue weighted by atomic mass is 10.4. The van der Waals surface area contributed by atoms with Crippen LogP contribution in [0.4, 0.5) is 8.78 Å². The molecule has 96 valence electrons. The molecule has 0 fully saturated rings. The van der Waals surface area contributed by atoms with Gasteiger partial charge in [0.2, 0.25) is 5.91 Å². The summed E-state index contributed by atoms with van der Waals surface area (Å²) in [4.78, 5) is 12.4. The van der Waals surface area contributed by atoms with Crippen LogP contribution in [0.5, 0.6) is 0 Å². The van der Waals surface area contributed by atoms with E-state index in [-0.39, 0.29) is 24.8 Å². The highest BCUT2D eigenvalue weighted by Crippen LogP contribution is 2.05. The van der Waals surface area contributed by atoms with Gasteiger partial charge in [-0.05, 0) is 0 Å². The minimum Gasteiger partial charge on any atom is -0.395 e. The number of aliphatic hydroxyl groups is 1. The van der Waals surface area contributed by atoms with E-state index in [0.717, 1.165) is 4.90 Å². The summed E-state index contributed by atoms with van der Waals surface area (Å²) in [6.45, 7) is -0.452. The number of alkyl halides is 2. The number of aliphatic hydroxyl groups excluding tert-OH is 1. The Morgan fingerprint density at radius 3 is 2.75 bits per heavy atom. The van der Waals surface area contributed by atoms with E-state index in [0.29, 0.717) is 12.4 Å². The van der Waals surface area contributed by atoms with Gasteiger partial charge in [0.15, 0.2) is 0 Å². The zero-order valence-electron chi connectivity index (χ0n) is 9.20. The Balaban J connectivity index is 3.87. The van der Waals surface area contributed by atoms with Crippen LogP contribution in [0.3, 0.4) is 0 Å². The van der Waals surface area contributed by atoms with Crippen molar-refractivity contribution in [3.05, 3.63) is 0 Å². The Bertz CT molecular complexity index is 196. The molecule has 1 N–H and O–H groups in total. The Hall–Kier alpha value is -0.400. The van der Waals surface area contributed by atoms with Gasteiger partial charge in [-0.2, -0.15) is 0 Å². The van der Waals surface area contributed by atoms with Crippen molar-refractivity contribution in [2.24, 2.45) is 0 Å². The highest BCUT2D eigenvalue weighted by molar-refractivity contribution is 7.99. The SMILES string of the molecule is COCCSCC(=O)N(CCO)CC(F)F. The number of nitrogens with zero attached hydrogens (tertiary/aromatic N) is 1. The van der Waals surface area contributed by atoms with Gasteiger partial charge in [-0.15, -0.1) is 11.8 Å². The van der Waals surface area contributed by atoms with E-state index in [1.54, 1.807) is 7.11 Å². The highest BCUT2D eigenvalue weighted by atomic mass is 32.2. The van der Waals surface area contributed by atoms with Crippen molar-refractivity contribution < 1.29 is 23.4 Å². The number of carbonyl (C=O) groups excluding carboxylic acids is 1. The molecule has 0 saturated carbocycles. The summed E-state index contributed by atoms with van der Waals surface area (Å²) in [5.74, 6) is 0.399. The zero-order valence-corrected chi connectivity index (χ0v) is 10.0. The fourth-order valence-corrected chi connectivity index (χ4v) is 1.78. The van der Waals surface area contributed by atoms with E-state index in [2.05, 4.69) is 0 Å².